The zero-order valence-electron chi connectivity index (χ0n) is 15.5. The molecule has 4 rings (SSSR count). The van der Waals surface area contributed by atoms with Crippen LogP contribution in [0.4, 0.5) is 0 Å². The normalized spacial score (nSPS) is 19.7. The number of hydrogen-bond acceptors (Lipinski definition) is 4. The van der Waals surface area contributed by atoms with Gasteiger partial charge in [0.25, 0.3) is 0 Å². The minimum absolute atomic E-state index is 0.0457. The molecule has 2 heterocycles. The molecule has 1 saturated carbocycles. The first-order chi connectivity index (χ1) is 12.8. The van der Waals surface area contributed by atoms with Crippen molar-refractivity contribution in [3.05, 3.63) is 40.2 Å². The first kappa shape index (κ1) is 17.6. The van der Waals surface area contributed by atoms with Gasteiger partial charge in [0, 0.05) is 12.5 Å². The average molecular weight is 355 g/mol. The Hall–Kier alpha value is -1.81. The maximum Gasteiger partial charge on any atom is 0.193 e. The molecule has 1 aromatic heterocycles. The van der Waals surface area contributed by atoms with Crippen molar-refractivity contribution in [3.63, 3.8) is 0 Å². The molecular formula is C22H29NO3. The van der Waals surface area contributed by atoms with Gasteiger partial charge in [-0.3, -0.25) is 4.79 Å². The highest BCUT2D eigenvalue weighted by Crippen LogP contribution is 2.30. The molecule has 0 radical (unpaired) electrons. The van der Waals surface area contributed by atoms with Crippen LogP contribution in [-0.2, 0) is 6.42 Å². The molecule has 0 atom stereocenters. The minimum Gasteiger partial charge on any atom is -0.489 e. The van der Waals surface area contributed by atoms with E-state index in [9.17, 15) is 4.79 Å². The molecule has 2 aliphatic rings. The van der Waals surface area contributed by atoms with Gasteiger partial charge in [-0.25, -0.2) is 0 Å². The van der Waals surface area contributed by atoms with Crippen LogP contribution in [0.2, 0.25) is 0 Å². The molecule has 0 bridgehead atoms. The van der Waals surface area contributed by atoms with Crippen molar-refractivity contribution in [3.8, 4) is 5.75 Å². The van der Waals surface area contributed by atoms with E-state index >= 15 is 0 Å². The van der Waals surface area contributed by atoms with Gasteiger partial charge in [-0.2, -0.15) is 0 Å². The highest BCUT2D eigenvalue weighted by atomic mass is 16.5. The van der Waals surface area contributed by atoms with Gasteiger partial charge in [0.2, 0.25) is 0 Å². The molecule has 1 aliphatic heterocycles. The zero-order chi connectivity index (χ0) is 17.8. The summed E-state index contributed by atoms with van der Waals surface area (Å²) in [6.07, 6.45) is 9.58. The topological polar surface area (TPSA) is 51.5 Å². The summed E-state index contributed by atoms with van der Waals surface area (Å²) in [5.41, 5.74) is 0.670. The Kier molecular flexibility index (Phi) is 5.59. The largest absolute Gasteiger partial charge is 0.489 e. The number of piperidine rings is 1. The molecule has 2 fully saturated rings. The van der Waals surface area contributed by atoms with Crippen molar-refractivity contribution in [2.75, 3.05) is 19.7 Å². The van der Waals surface area contributed by atoms with Gasteiger partial charge >= 0.3 is 0 Å². The van der Waals surface area contributed by atoms with Crippen LogP contribution in [0.1, 0.15) is 50.7 Å². The lowest BCUT2D eigenvalue weighted by atomic mass is 9.86. The third-order valence-electron chi connectivity index (χ3n) is 5.92. The van der Waals surface area contributed by atoms with E-state index in [-0.39, 0.29) is 5.43 Å². The van der Waals surface area contributed by atoms with Crippen molar-refractivity contribution in [2.24, 2.45) is 11.8 Å². The summed E-state index contributed by atoms with van der Waals surface area (Å²) in [4.78, 5) is 12.6. The van der Waals surface area contributed by atoms with Crippen LogP contribution in [0.3, 0.4) is 0 Å². The summed E-state index contributed by atoms with van der Waals surface area (Å²) < 4.78 is 12.3. The van der Waals surface area contributed by atoms with E-state index in [0.29, 0.717) is 35.2 Å². The Bertz CT molecular complexity index is 786. The Labute approximate surface area is 154 Å². The van der Waals surface area contributed by atoms with Crippen molar-refractivity contribution >= 4 is 11.0 Å². The van der Waals surface area contributed by atoms with Gasteiger partial charge < -0.3 is 14.5 Å². The zero-order valence-corrected chi connectivity index (χ0v) is 15.5. The molecule has 26 heavy (non-hydrogen) atoms. The smallest absolute Gasteiger partial charge is 0.193 e. The van der Waals surface area contributed by atoms with Crippen LogP contribution >= 0.6 is 0 Å². The summed E-state index contributed by atoms with van der Waals surface area (Å²) in [6, 6.07) is 7.34. The minimum atomic E-state index is 0.0457. The number of benzene rings is 1. The molecule has 140 valence electrons. The summed E-state index contributed by atoms with van der Waals surface area (Å²) >= 11 is 0. The third-order valence-corrected chi connectivity index (χ3v) is 5.92. The third kappa shape index (κ3) is 4.12. The highest BCUT2D eigenvalue weighted by molar-refractivity contribution is 5.82. The highest BCUT2D eigenvalue weighted by Gasteiger charge is 2.18. The van der Waals surface area contributed by atoms with Crippen LogP contribution in [0.15, 0.2) is 33.5 Å². The van der Waals surface area contributed by atoms with E-state index in [2.05, 4.69) is 5.32 Å². The Balaban J connectivity index is 1.55. The van der Waals surface area contributed by atoms with Crippen LogP contribution in [0.5, 0.6) is 5.75 Å². The first-order valence-corrected chi connectivity index (χ1v) is 10.2. The second-order valence-corrected chi connectivity index (χ2v) is 7.92. The second-order valence-electron chi connectivity index (χ2n) is 7.92. The van der Waals surface area contributed by atoms with E-state index in [1.165, 1.54) is 32.1 Å². The number of fused-ring (bicyclic) bond motifs is 1. The Morgan fingerprint density at radius 1 is 1.04 bits per heavy atom. The number of hydrogen-bond donors (Lipinski definition) is 1. The number of nitrogens with one attached hydrogen (secondary N) is 1. The molecule has 1 aliphatic carbocycles. The van der Waals surface area contributed by atoms with Crippen molar-refractivity contribution in [1.29, 1.82) is 0 Å². The van der Waals surface area contributed by atoms with Gasteiger partial charge in [0.05, 0.1) is 12.0 Å². The van der Waals surface area contributed by atoms with Gasteiger partial charge in [0.15, 0.2) is 16.8 Å². The molecule has 0 unspecified atom stereocenters. The summed E-state index contributed by atoms with van der Waals surface area (Å²) in [6.45, 7) is 2.81. The molecule has 2 aromatic rings. The van der Waals surface area contributed by atoms with E-state index < -0.39 is 0 Å². The average Bonchev–Trinajstić information content (AvgIpc) is 2.68. The summed E-state index contributed by atoms with van der Waals surface area (Å²) in [5.74, 6) is 2.74. The lowest BCUT2D eigenvalue weighted by Crippen LogP contribution is -2.30. The molecular weight excluding hydrogens is 326 g/mol. The standard InChI is InChI=1S/C22H29NO3/c24-20-14-18(13-16-5-2-1-3-6-16)26-22-19(20)7-4-8-21(22)25-15-17-9-11-23-12-10-17/h4,7-8,14,16-17,23H,1-3,5-6,9-13,15H2. The Morgan fingerprint density at radius 2 is 1.85 bits per heavy atom. The van der Waals surface area contributed by atoms with E-state index in [4.69, 9.17) is 9.15 Å². The van der Waals surface area contributed by atoms with Crippen molar-refractivity contribution < 1.29 is 9.15 Å². The summed E-state index contributed by atoms with van der Waals surface area (Å²) in [5, 5.41) is 4.01. The Morgan fingerprint density at radius 3 is 2.65 bits per heavy atom. The molecule has 4 heteroatoms. The SMILES string of the molecule is O=c1cc(CC2CCCCC2)oc2c(OCC3CCNCC3)cccc12. The lowest BCUT2D eigenvalue weighted by Gasteiger charge is -2.23. The monoisotopic (exact) mass is 355 g/mol. The summed E-state index contributed by atoms with van der Waals surface area (Å²) in [7, 11) is 0. The van der Waals surface area contributed by atoms with E-state index in [1.54, 1.807) is 6.07 Å². The molecule has 1 N–H and O–H groups in total. The molecule has 0 spiro atoms. The quantitative estimate of drug-likeness (QED) is 0.869. The molecule has 1 aromatic carbocycles. The molecule has 0 amide bonds. The maximum absolute atomic E-state index is 12.6. The first-order valence-electron chi connectivity index (χ1n) is 10.2. The number of rotatable bonds is 5. The number of ether oxygens (including phenoxy) is 1. The maximum atomic E-state index is 12.6. The van der Waals surface area contributed by atoms with E-state index in [0.717, 1.165) is 38.1 Å². The van der Waals surface area contributed by atoms with E-state index in [1.807, 2.05) is 18.2 Å². The van der Waals surface area contributed by atoms with Crippen molar-refractivity contribution in [1.82, 2.24) is 5.32 Å². The van der Waals surface area contributed by atoms with Gasteiger partial charge in [0.1, 0.15) is 5.76 Å². The van der Waals surface area contributed by atoms with Gasteiger partial charge in [-0.1, -0.05) is 38.2 Å². The fourth-order valence-electron chi connectivity index (χ4n) is 4.35. The van der Waals surface area contributed by atoms with Gasteiger partial charge in [-0.15, -0.1) is 0 Å². The molecule has 4 nitrogen and oxygen atoms in total. The fraction of sp³-hybridized carbons (Fsp3) is 0.591. The van der Waals surface area contributed by atoms with Crippen LogP contribution in [0.25, 0.3) is 11.0 Å². The second kappa shape index (κ2) is 8.26. The van der Waals surface area contributed by atoms with Crippen LogP contribution < -0.4 is 15.5 Å². The van der Waals surface area contributed by atoms with Crippen LogP contribution in [0, 0.1) is 11.8 Å². The van der Waals surface area contributed by atoms with Crippen molar-refractivity contribution in [2.45, 2.75) is 51.4 Å². The van der Waals surface area contributed by atoms with Crippen LogP contribution in [-0.4, -0.2) is 19.7 Å². The van der Waals surface area contributed by atoms with Gasteiger partial charge in [-0.05, 0) is 49.9 Å². The molecule has 1 saturated heterocycles. The predicted molar refractivity (Wildman–Crippen MR) is 104 cm³/mol. The fourth-order valence-corrected chi connectivity index (χ4v) is 4.35. The predicted octanol–water partition coefficient (Wildman–Crippen LogP) is 4.29. The lowest BCUT2D eigenvalue weighted by molar-refractivity contribution is 0.215. The number of para-hydroxylation sites is 1.